The Morgan fingerprint density at radius 2 is 1.22 bits per heavy atom. The zero-order valence-electron chi connectivity index (χ0n) is 16.7. The van der Waals surface area contributed by atoms with Crippen LogP contribution in [0.3, 0.4) is 0 Å². The van der Waals surface area contributed by atoms with Crippen molar-refractivity contribution in [3.63, 3.8) is 0 Å². The second kappa shape index (κ2) is 10.8. The first-order chi connectivity index (χ1) is 15.1. The summed E-state index contributed by atoms with van der Waals surface area (Å²) in [7, 11) is 0. The van der Waals surface area contributed by atoms with Crippen molar-refractivity contribution in [3.05, 3.63) is 0 Å². The standard InChI is InChI=1S/C17H30O15/c18-1-4-7(20)9(22)13(26)17(30-4)31-6-3-28-16(12(25)8(6)21)32-14-5(2-19)29-15(27)11(24)10(14)23/h4-27H,1-3H2/t4-,5-,6-,7-,8+,9+,10-,11-,12-,13-,14-,15?,16-,17-/m1/s1. The average Bonchev–Trinajstić information content (AvgIpc) is 2.78. The number of hydrogen-bond donors (Lipinski definition) is 10. The normalized spacial score (nSPS) is 52.7. The van der Waals surface area contributed by atoms with Crippen molar-refractivity contribution in [2.24, 2.45) is 0 Å². The molecule has 14 atom stereocenters. The van der Waals surface area contributed by atoms with Gasteiger partial charge in [0.1, 0.15) is 67.1 Å². The fraction of sp³-hybridized carbons (Fsp3) is 1.00. The van der Waals surface area contributed by atoms with E-state index in [1.54, 1.807) is 0 Å². The Labute approximate surface area is 181 Å². The van der Waals surface area contributed by atoms with Crippen molar-refractivity contribution < 1.29 is 74.7 Å². The van der Waals surface area contributed by atoms with Gasteiger partial charge in [-0.25, -0.2) is 0 Å². The SMILES string of the molecule is OC[C@H]1O[C@H](O[C@@H]2CO[C@H](O[C@H]3[C@H](O)[C@@H](O)C(O)O[C@@H]3CO)[C@H](O)[C@H]2O)[C@H](O)[C@@H](O)[C@@H]1O. The summed E-state index contributed by atoms with van der Waals surface area (Å²) >= 11 is 0. The highest BCUT2D eigenvalue weighted by Gasteiger charge is 2.50. The predicted molar refractivity (Wildman–Crippen MR) is 95.2 cm³/mol. The lowest BCUT2D eigenvalue weighted by atomic mass is 9.98. The van der Waals surface area contributed by atoms with E-state index in [4.69, 9.17) is 23.7 Å². The van der Waals surface area contributed by atoms with E-state index in [0.29, 0.717) is 0 Å². The molecule has 188 valence electrons. The summed E-state index contributed by atoms with van der Waals surface area (Å²) in [5, 5.41) is 98.5. The van der Waals surface area contributed by atoms with E-state index in [1.165, 1.54) is 0 Å². The highest BCUT2D eigenvalue weighted by molar-refractivity contribution is 4.93. The molecule has 0 aromatic carbocycles. The average molecular weight is 474 g/mol. The molecule has 3 aliphatic heterocycles. The minimum absolute atomic E-state index is 0.434. The molecule has 0 bridgehead atoms. The van der Waals surface area contributed by atoms with Gasteiger partial charge in [0.15, 0.2) is 18.9 Å². The van der Waals surface area contributed by atoms with Crippen LogP contribution in [0.25, 0.3) is 0 Å². The van der Waals surface area contributed by atoms with Gasteiger partial charge in [-0.05, 0) is 0 Å². The highest BCUT2D eigenvalue weighted by atomic mass is 16.7. The fourth-order valence-electron chi connectivity index (χ4n) is 3.75. The summed E-state index contributed by atoms with van der Waals surface area (Å²) in [6.07, 6.45) is -22.2. The van der Waals surface area contributed by atoms with Gasteiger partial charge in [-0.15, -0.1) is 0 Å². The largest absolute Gasteiger partial charge is 0.394 e. The molecule has 3 heterocycles. The molecule has 0 aromatic rings. The Hall–Kier alpha value is -0.600. The quantitative estimate of drug-likeness (QED) is 0.172. The number of rotatable bonds is 6. The Balaban J connectivity index is 1.62. The molecule has 0 amide bonds. The van der Waals surface area contributed by atoms with Gasteiger partial charge in [0.25, 0.3) is 0 Å². The lowest BCUT2D eigenvalue weighted by Crippen LogP contribution is -2.64. The van der Waals surface area contributed by atoms with Gasteiger partial charge >= 0.3 is 0 Å². The van der Waals surface area contributed by atoms with E-state index < -0.39 is 106 Å². The topological polar surface area (TPSA) is 248 Å². The molecule has 0 aromatic heterocycles. The van der Waals surface area contributed by atoms with Crippen molar-refractivity contribution in [3.8, 4) is 0 Å². The molecular formula is C17H30O15. The summed E-state index contributed by atoms with van der Waals surface area (Å²) in [5.74, 6) is 0. The van der Waals surface area contributed by atoms with Gasteiger partial charge in [-0.3, -0.25) is 0 Å². The molecule has 3 aliphatic rings. The zero-order valence-corrected chi connectivity index (χ0v) is 16.7. The van der Waals surface area contributed by atoms with Crippen molar-refractivity contribution in [1.82, 2.24) is 0 Å². The third kappa shape index (κ3) is 5.07. The maximum absolute atomic E-state index is 10.4. The van der Waals surface area contributed by atoms with Gasteiger partial charge in [0, 0.05) is 0 Å². The van der Waals surface area contributed by atoms with E-state index in [2.05, 4.69) is 0 Å². The molecule has 32 heavy (non-hydrogen) atoms. The first-order valence-electron chi connectivity index (χ1n) is 10.00. The van der Waals surface area contributed by atoms with Gasteiger partial charge in [0.2, 0.25) is 0 Å². The Morgan fingerprint density at radius 3 is 1.84 bits per heavy atom. The van der Waals surface area contributed by atoms with E-state index in [9.17, 15) is 51.1 Å². The van der Waals surface area contributed by atoms with Gasteiger partial charge in [-0.2, -0.15) is 0 Å². The molecule has 3 fully saturated rings. The molecule has 0 radical (unpaired) electrons. The fourth-order valence-corrected chi connectivity index (χ4v) is 3.75. The Kier molecular flexibility index (Phi) is 8.75. The van der Waals surface area contributed by atoms with E-state index in [0.717, 1.165) is 0 Å². The van der Waals surface area contributed by atoms with Crippen molar-refractivity contribution in [2.75, 3.05) is 19.8 Å². The van der Waals surface area contributed by atoms with Crippen LogP contribution in [0.15, 0.2) is 0 Å². The van der Waals surface area contributed by atoms with Crippen LogP contribution in [0.1, 0.15) is 0 Å². The van der Waals surface area contributed by atoms with E-state index in [-0.39, 0.29) is 0 Å². The maximum atomic E-state index is 10.4. The third-order valence-corrected chi connectivity index (χ3v) is 5.72. The number of hydrogen-bond acceptors (Lipinski definition) is 15. The molecule has 3 saturated heterocycles. The van der Waals surface area contributed by atoms with Crippen LogP contribution in [0.5, 0.6) is 0 Å². The number of aliphatic hydroxyl groups excluding tert-OH is 10. The maximum Gasteiger partial charge on any atom is 0.187 e. The zero-order chi connectivity index (χ0) is 23.7. The van der Waals surface area contributed by atoms with Crippen LogP contribution in [0, 0.1) is 0 Å². The van der Waals surface area contributed by atoms with E-state index >= 15 is 0 Å². The van der Waals surface area contributed by atoms with Gasteiger partial charge < -0.3 is 74.7 Å². The molecule has 0 aliphatic carbocycles. The summed E-state index contributed by atoms with van der Waals surface area (Å²) in [6.45, 7) is -1.83. The van der Waals surface area contributed by atoms with Gasteiger partial charge in [-0.1, -0.05) is 0 Å². The second-order valence-electron chi connectivity index (χ2n) is 7.88. The molecule has 3 rings (SSSR count). The lowest BCUT2D eigenvalue weighted by Gasteiger charge is -2.45. The van der Waals surface area contributed by atoms with Gasteiger partial charge in [0.05, 0.1) is 19.8 Å². The molecule has 0 saturated carbocycles. The van der Waals surface area contributed by atoms with Crippen molar-refractivity contribution >= 4 is 0 Å². The minimum atomic E-state index is -1.78. The molecule has 15 nitrogen and oxygen atoms in total. The number of aliphatic hydroxyl groups is 10. The smallest absolute Gasteiger partial charge is 0.187 e. The lowest BCUT2D eigenvalue weighted by molar-refractivity contribution is -0.362. The Bertz CT molecular complexity index is 592. The minimum Gasteiger partial charge on any atom is -0.394 e. The summed E-state index contributed by atoms with van der Waals surface area (Å²) in [6, 6.07) is 0. The second-order valence-corrected chi connectivity index (χ2v) is 7.88. The molecule has 10 N–H and O–H groups in total. The van der Waals surface area contributed by atoms with Crippen molar-refractivity contribution in [1.29, 1.82) is 0 Å². The molecular weight excluding hydrogens is 444 g/mol. The van der Waals surface area contributed by atoms with Crippen LogP contribution in [-0.2, 0) is 23.7 Å². The van der Waals surface area contributed by atoms with Crippen LogP contribution in [0.4, 0.5) is 0 Å². The summed E-state index contributed by atoms with van der Waals surface area (Å²) in [5.41, 5.74) is 0. The third-order valence-electron chi connectivity index (χ3n) is 5.72. The molecule has 1 unspecified atom stereocenters. The first-order valence-corrected chi connectivity index (χ1v) is 10.00. The number of ether oxygens (including phenoxy) is 5. The Morgan fingerprint density at radius 1 is 0.594 bits per heavy atom. The predicted octanol–water partition coefficient (Wildman–Crippen LogP) is -6.93. The first kappa shape index (κ1) is 26.0. The van der Waals surface area contributed by atoms with Crippen LogP contribution in [-0.4, -0.2) is 157 Å². The molecule has 0 spiro atoms. The monoisotopic (exact) mass is 474 g/mol. The molecule has 15 heteroatoms. The van der Waals surface area contributed by atoms with Crippen molar-refractivity contribution in [2.45, 2.75) is 86.0 Å². The highest BCUT2D eigenvalue weighted by Crippen LogP contribution is 2.29. The van der Waals surface area contributed by atoms with E-state index in [1.807, 2.05) is 0 Å². The van der Waals surface area contributed by atoms with Crippen LogP contribution in [0.2, 0.25) is 0 Å². The summed E-state index contributed by atoms with van der Waals surface area (Å²) < 4.78 is 26.2. The van der Waals surface area contributed by atoms with Crippen LogP contribution < -0.4 is 0 Å². The van der Waals surface area contributed by atoms with Crippen LogP contribution >= 0.6 is 0 Å². The summed E-state index contributed by atoms with van der Waals surface area (Å²) in [4.78, 5) is 0.